The smallest absolute Gasteiger partial charge is 0.130 e. The van der Waals surface area contributed by atoms with Crippen LogP contribution in [-0.4, -0.2) is 15.3 Å². The second-order valence-corrected chi connectivity index (χ2v) is 3.90. The van der Waals surface area contributed by atoms with Gasteiger partial charge in [0.2, 0.25) is 0 Å². The molecule has 1 aliphatic rings. The van der Waals surface area contributed by atoms with E-state index in [1.54, 1.807) is 0 Å². The molecular formula is C10H10NO3S-. The molecule has 0 aromatic heterocycles. The van der Waals surface area contributed by atoms with Crippen molar-refractivity contribution < 1.29 is 13.5 Å². The van der Waals surface area contributed by atoms with Crippen LogP contribution in [0, 0.1) is 0 Å². The first-order valence-corrected chi connectivity index (χ1v) is 5.61. The van der Waals surface area contributed by atoms with Gasteiger partial charge in [-0.25, -0.2) is 4.72 Å². The van der Waals surface area contributed by atoms with Gasteiger partial charge in [0.25, 0.3) is 0 Å². The summed E-state index contributed by atoms with van der Waals surface area (Å²) in [7, 11) is 0. The van der Waals surface area contributed by atoms with E-state index in [1.165, 1.54) is 0 Å². The summed E-state index contributed by atoms with van der Waals surface area (Å²) in [5, 5.41) is 0. The minimum absolute atomic E-state index is 0.199. The van der Waals surface area contributed by atoms with Gasteiger partial charge in [-0.2, -0.15) is 0 Å². The van der Waals surface area contributed by atoms with Crippen LogP contribution < -0.4 is 9.46 Å². The third-order valence-corrected chi connectivity index (χ3v) is 2.51. The highest BCUT2D eigenvalue weighted by Crippen LogP contribution is 2.25. The molecule has 1 aliphatic heterocycles. The quantitative estimate of drug-likeness (QED) is 0.775. The van der Waals surface area contributed by atoms with Crippen LogP contribution in [0.3, 0.4) is 0 Å². The molecule has 0 radical (unpaired) electrons. The lowest BCUT2D eigenvalue weighted by Gasteiger charge is -2.18. The molecule has 0 aliphatic carbocycles. The lowest BCUT2D eigenvalue weighted by atomic mass is 10.1. The average Bonchev–Trinajstić information content (AvgIpc) is 2.26. The zero-order valence-electron chi connectivity index (χ0n) is 7.93. The number of nitrogens with one attached hydrogen (secondary N) is 1. The van der Waals surface area contributed by atoms with Gasteiger partial charge in [0.15, 0.2) is 0 Å². The molecule has 4 nitrogen and oxygen atoms in total. The highest BCUT2D eigenvalue weighted by molar-refractivity contribution is 7.77. The van der Waals surface area contributed by atoms with Crippen molar-refractivity contribution >= 4 is 11.3 Å². The van der Waals surface area contributed by atoms with Crippen molar-refractivity contribution in [2.75, 3.05) is 6.54 Å². The van der Waals surface area contributed by atoms with Crippen molar-refractivity contribution in [3.63, 3.8) is 0 Å². The summed E-state index contributed by atoms with van der Waals surface area (Å²) < 4.78 is 28.4. The molecule has 1 unspecified atom stereocenters. The van der Waals surface area contributed by atoms with E-state index in [1.807, 2.05) is 30.3 Å². The largest absolute Gasteiger partial charge is 0.760 e. The topological polar surface area (TPSA) is 61.4 Å². The van der Waals surface area contributed by atoms with Gasteiger partial charge in [-0.15, -0.1) is 0 Å². The van der Waals surface area contributed by atoms with E-state index in [4.69, 9.17) is 4.74 Å². The molecule has 0 saturated carbocycles. The molecule has 1 aromatic carbocycles. The second-order valence-electron chi connectivity index (χ2n) is 3.14. The maximum absolute atomic E-state index is 10.3. The van der Waals surface area contributed by atoms with E-state index < -0.39 is 11.3 Å². The van der Waals surface area contributed by atoms with Crippen LogP contribution in [0.4, 0.5) is 0 Å². The Morgan fingerprint density at radius 2 is 2.27 bits per heavy atom. The number of allylic oxidation sites excluding steroid dienone is 1. The number of benzene rings is 1. The SMILES string of the molecule is O=S([O-])NCC1=CCc2ccccc2O1. The molecule has 5 heteroatoms. The Kier molecular flexibility index (Phi) is 3.15. The summed E-state index contributed by atoms with van der Waals surface area (Å²) in [6.45, 7) is 0.199. The van der Waals surface area contributed by atoms with Crippen LogP contribution in [0.1, 0.15) is 5.56 Å². The summed E-state index contributed by atoms with van der Waals surface area (Å²) in [5.41, 5.74) is 1.12. The van der Waals surface area contributed by atoms with Crippen LogP contribution in [-0.2, 0) is 17.7 Å². The van der Waals surface area contributed by atoms with E-state index in [0.717, 1.165) is 17.7 Å². The summed E-state index contributed by atoms with van der Waals surface area (Å²) in [4.78, 5) is 0. The zero-order valence-corrected chi connectivity index (χ0v) is 8.75. The predicted molar refractivity (Wildman–Crippen MR) is 55.8 cm³/mol. The third kappa shape index (κ3) is 2.65. The first kappa shape index (κ1) is 10.4. The Morgan fingerprint density at radius 1 is 1.47 bits per heavy atom. The highest BCUT2D eigenvalue weighted by Gasteiger charge is 2.10. The van der Waals surface area contributed by atoms with Crippen molar-refractivity contribution in [1.29, 1.82) is 0 Å². The number of para-hydroxylation sites is 1. The monoisotopic (exact) mass is 224 g/mol. The van der Waals surface area contributed by atoms with Gasteiger partial charge in [-0.3, -0.25) is 4.21 Å². The van der Waals surface area contributed by atoms with Crippen LogP contribution in [0.15, 0.2) is 36.1 Å². The van der Waals surface area contributed by atoms with Crippen molar-refractivity contribution in [3.05, 3.63) is 41.7 Å². The molecule has 0 spiro atoms. The van der Waals surface area contributed by atoms with Crippen molar-refractivity contribution in [3.8, 4) is 5.75 Å². The lowest BCUT2D eigenvalue weighted by Crippen LogP contribution is -2.23. The fourth-order valence-electron chi connectivity index (χ4n) is 1.42. The van der Waals surface area contributed by atoms with Gasteiger partial charge in [-0.1, -0.05) is 18.2 Å². The molecular weight excluding hydrogens is 214 g/mol. The maximum Gasteiger partial charge on any atom is 0.130 e. The third-order valence-electron chi connectivity index (χ3n) is 2.13. The molecule has 0 fully saturated rings. The van der Waals surface area contributed by atoms with Crippen LogP contribution >= 0.6 is 0 Å². The molecule has 1 atom stereocenters. The average molecular weight is 224 g/mol. The first-order valence-electron chi connectivity index (χ1n) is 4.53. The standard InChI is InChI=1S/C10H11NO3S/c12-15(13)11-7-9-6-5-8-3-1-2-4-10(8)14-9/h1-4,6,11H,5,7H2,(H,12,13)/p-1. The van der Waals surface area contributed by atoms with E-state index in [0.29, 0.717) is 5.76 Å². The fourth-order valence-corrected chi connectivity index (χ4v) is 1.68. The Labute approximate surface area is 90.4 Å². The van der Waals surface area contributed by atoms with E-state index in [-0.39, 0.29) is 6.54 Å². The number of rotatable bonds is 3. The highest BCUT2D eigenvalue weighted by atomic mass is 32.2. The van der Waals surface area contributed by atoms with Gasteiger partial charge >= 0.3 is 0 Å². The normalized spacial score (nSPS) is 16.2. The Balaban J connectivity index is 2.03. The number of hydrogen-bond acceptors (Lipinski definition) is 3. The minimum atomic E-state index is -2.25. The summed E-state index contributed by atoms with van der Waals surface area (Å²) in [5.74, 6) is 1.44. The van der Waals surface area contributed by atoms with Gasteiger partial charge < -0.3 is 9.29 Å². The van der Waals surface area contributed by atoms with Crippen LogP contribution in [0.25, 0.3) is 0 Å². The maximum atomic E-state index is 10.3. The molecule has 80 valence electrons. The van der Waals surface area contributed by atoms with Crippen LogP contribution in [0.5, 0.6) is 5.75 Å². The molecule has 0 amide bonds. The van der Waals surface area contributed by atoms with E-state index >= 15 is 0 Å². The number of ether oxygens (including phenoxy) is 1. The van der Waals surface area contributed by atoms with Gasteiger partial charge in [0.1, 0.15) is 11.5 Å². The molecule has 1 heterocycles. The van der Waals surface area contributed by atoms with Gasteiger partial charge in [-0.05, 0) is 24.1 Å². The molecule has 1 aromatic rings. The summed E-state index contributed by atoms with van der Waals surface area (Å²) in [6, 6.07) is 7.70. The fraction of sp³-hybridized carbons (Fsp3) is 0.200. The molecule has 0 saturated heterocycles. The van der Waals surface area contributed by atoms with E-state index in [2.05, 4.69) is 4.72 Å². The van der Waals surface area contributed by atoms with E-state index in [9.17, 15) is 8.76 Å². The molecule has 0 bridgehead atoms. The Hall–Kier alpha value is -1.17. The molecule has 1 N–H and O–H groups in total. The minimum Gasteiger partial charge on any atom is -0.760 e. The Morgan fingerprint density at radius 3 is 3.07 bits per heavy atom. The summed E-state index contributed by atoms with van der Waals surface area (Å²) in [6.07, 6.45) is 2.65. The summed E-state index contributed by atoms with van der Waals surface area (Å²) >= 11 is -2.25. The number of hydrogen-bond donors (Lipinski definition) is 1. The van der Waals surface area contributed by atoms with Crippen molar-refractivity contribution in [1.82, 2.24) is 4.72 Å². The van der Waals surface area contributed by atoms with Crippen molar-refractivity contribution in [2.45, 2.75) is 6.42 Å². The number of fused-ring (bicyclic) bond motifs is 1. The first-order chi connectivity index (χ1) is 7.25. The molecule has 15 heavy (non-hydrogen) atoms. The van der Waals surface area contributed by atoms with Crippen molar-refractivity contribution in [2.24, 2.45) is 0 Å². The van der Waals surface area contributed by atoms with Gasteiger partial charge in [0, 0.05) is 11.3 Å². The molecule has 2 rings (SSSR count). The van der Waals surface area contributed by atoms with Crippen LogP contribution in [0.2, 0.25) is 0 Å². The lowest BCUT2D eigenvalue weighted by molar-refractivity contribution is 0.396. The van der Waals surface area contributed by atoms with Gasteiger partial charge in [0.05, 0.1) is 6.54 Å². The predicted octanol–water partition coefficient (Wildman–Crippen LogP) is 0.889. The second kappa shape index (κ2) is 4.57. The Bertz CT molecular complexity index is 417. The zero-order chi connectivity index (χ0) is 10.7.